The minimum absolute atomic E-state index is 0.275. The molecule has 2 aromatic heterocycles. The summed E-state index contributed by atoms with van der Waals surface area (Å²) in [5, 5.41) is 7.17. The molecule has 4 aromatic rings. The summed E-state index contributed by atoms with van der Waals surface area (Å²) in [6.07, 6.45) is 3.18. The summed E-state index contributed by atoms with van der Waals surface area (Å²) in [4.78, 5) is 16.9. The molecule has 4 rings (SSSR count). The number of aryl methyl sites for hydroxylation is 1. The lowest BCUT2D eigenvalue weighted by atomic mass is 10.1. The number of fused-ring (bicyclic) bond motifs is 1. The zero-order valence-corrected chi connectivity index (χ0v) is 14.7. The van der Waals surface area contributed by atoms with Gasteiger partial charge in [-0.25, -0.2) is 13.9 Å². The third kappa shape index (κ3) is 3.42. The average molecular weight is 360 g/mol. The van der Waals surface area contributed by atoms with Gasteiger partial charge in [0.25, 0.3) is 5.91 Å². The predicted octanol–water partition coefficient (Wildman–Crippen LogP) is 3.77. The van der Waals surface area contributed by atoms with Crippen LogP contribution in [0.1, 0.15) is 21.5 Å². The molecule has 0 spiro atoms. The van der Waals surface area contributed by atoms with Crippen molar-refractivity contribution in [1.82, 2.24) is 19.9 Å². The van der Waals surface area contributed by atoms with Crippen molar-refractivity contribution in [2.75, 3.05) is 0 Å². The van der Waals surface area contributed by atoms with Gasteiger partial charge in [0, 0.05) is 18.3 Å². The topological polar surface area (TPSA) is 59.3 Å². The summed E-state index contributed by atoms with van der Waals surface area (Å²) in [5.74, 6) is -0.580. The number of halogens is 1. The number of benzene rings is 2. The molecule has 134 valence electrons. The molecule has 0 aliphatic heterocycles. The molecule has 1 amide bonds. The zero-order chi connectivity index (χ0) is 18.8. The van der Waals surface area contributed by atoms with Crippen LogP contribution in [0.5, 0.6) is 0 Å². The van der Waals surface area contributed by atoms with E-state index >= 15 is 0 Å². The van der Waals surface area contributed by atoms with Crippen LogP contribution in [0.25, 0.3) is 16.9 Å². The molecule has 6 heteroatoms. The Balaban J connectivity index is 1.61. The van der Waals surface area contributed by atoms with Crippen LogP contribution in [-0.2, 0) is 6.54 Å². The van der Waals surface area contributed by atoms with Crippen LogP contribution in [0, 0.1) is 12.7 Å². The first-order valence-corrected chi connectivity index (χ1v) is 8.54. The smallest absolute Gasteiger partial charge is 0.257 e. The SMILES string of the molecule is Cc1ccc(-c2ccnc3c(C(=O)NCc4ccc(F)cc4)cnn23)cc1. The summed E-state index contributed by atoms with van der Waals surface area (Å²) in [6, 6.07) is 16.0. The van der Waals surface area contributed by atoms with E-state index in [9.17, 15) is 9.18 Å². The van der Waals surface area contributed by atoms with Gasteiger partial charge in [-0.05, 0) is 30.7 Å². The predicted molar refractivity (Wildman–Crippen MR) is 101 cm³/mol. The Bertz CT molecular complexity index is 1100. The van der Waals surface area contributed by atoms with Crippen LogP contribution >= 0.6 is 0 Å². The first kappa shape index (κ1) is 16.9. The lowest BCUT2D eigenvalue weighted by Gasteiger charge is -2.06. The van der Waals surface area contributed by atoms with E-state index < -0.39 is 0 Å². The minimum atomic E-state index is -0.305. The van der Waals surface area contributed by atoms with Gasteiger partial charge in [-0.15, -0.1) is 0 Å². The molecule has 0 fully saturated rings. The van der Waals surface area contributed by atoms with Gasteiger partial charge in [0.1, 0.15) is 11.4 Å². The number of nitrogens with zero attached hydrogens (tertiary/aromatic N) is 3. The van der Waals surface area contributed by atoms with E-state index in [1.54, 1.807) is 22.8 Å². The molecule has 0 aliphatic rings. The molecule has 0 saturated carbocycles. The molecule has 1 N–H and O–H groups in total. The average Bonchev–Trinajstić information content (AvgIpc) is 3.12. The summed E-state index contributed by atoms with van der Waals surface area (Å²) >= 11 is 0. The van der Waals surface area contributed by atoms with Gasteiger partial charge in [-0.1, -0.05) is 42.0 Å². The fourth-order valence-corrected chi connectivity index (χ4v) is 2.87. The van der Waals surface area contributed by atoms with Crippen LogP contribution in [0.4, 0.5) is 4.39 Å². The molecular weight excluding hydrogens is 343 g/mol. The molecule has 2 aromatic carbocycles. The first-order valence-electron chi connectivity index (χ1n) is 8.54. The molecule has 27 heavy (non-hydrogen) atoms. The molecule has 0 unspecified atom stereocenters. The Labute approximate surface area is 155 Å². The third-order valence-corrected chi connectivity index (χ3v) is 4.36. The van der Waals surface area contributed by atoms with Gasteiger partial charge >= 0.3 is 0 Å². The van der Waals surface area contributed by atoms with E-state index in [-0.39, 0.29) is 11.7 Å². The highest BCUT2D eigenvalue weighted by Gasteiger charge is 2.16. The maximum absolute atomic E-state index is 13.0. The summed E-state index contributed by atoms with van der Waals surface area (Å²) in [6.45, 7) is 2.33. The van der Waals surface area contributed by atoms with Crippen LogP contribution in [0.15, 0.2) is 67.0 Å². The van der Waals surface area contributed by atoms with Crippen molar-refractivity contribution in [1.29, 1.82) is 0 Å². The van der Waals surface area contributed by atoms with Crippen LogP contribution in [0.3, 0.4) is 0 Å². The molecular formula is C21H17FN4O. The van der Waals surface area contributed by atoms with E-state index in [0.717, 1.165) is 16.8 Å². The van der Waals surface area contributed by atoms with Crippen molar-refractivity contribution in [2.24, 2.45) is 0 Å². The minimum Gasteiger partial charge on any atom is -0.348 e. The van der Waals surface area contributed by atoms with Crippen molar-refractivity contribution in [3.63, 3.8) is 0 Å². The first-order chi connectivity index (χ1) is 13.1. The molecule has 2 heterocycles. The molecule has 0 atom stereocenters. The Morgan fingerprint density at radius 2 is 1.81 bits per heavy atom. The fraction of sp³-hybridized carbons (Fsp3) is 0.0952. The monoisotopic (exact) mass is 360 g/mol. The van der Waals surface area contributed by atoms with Gasteiger partial charge in [-0.2, -0.15) is 5.10 Å². The fourth-order valence-electron chi connectivity index (χ4n) is 2.87. The van der Waals surface area contributed by atoms with Crippen molar-refractivity contribution >= 4 is 11.6 Å². The molecule has 0 radical (unpaired) electrons. The third-order valence-electron chi connectivity index (χ3n) is 4.36. The number of nitrogens with one attached hydrogen (secondary N) is 1. The maximum atomic E-state index is 13.0. The highest BCUT2D eigenvalue weighted by atomic mass is 19.1. The Morgan fingerprint density at radius 1 is 1.07 bits per heavy atom. The quantitative estimate of drug-likeness (QED) is 0.603. The van der Waals surface area contributed by atoms with Gasteiger partial charge < -0.3 is 5.32 Å². The van der Waals surface area contributed by atoms with E-state index in [1.807, 2.05) is 37.3 Å². The second kappa shape index (κ2) is 6.99. The molecule has 5 nitrogen and oxygen atoms in total. The second-order valence-corrected chi connectivity index (χ2v) is 6.30. The standard InChI is InChI=1S/C21H17FN4O/c1-14-2-6-16(7-3-14)19-10-11-23-20-18(13-25-26(19)20)21(27)24-12-15-4-8-17(22)9-5-15/h2-11,13H,12H2,1H3,(H,24,27). The van der Waals surface area contributed by atoms with Crippen molar-refractivity contribution in [3.05, 3.63) is 89.5 Å². The van der Waals surface area contributed by atoms with E-state index in [0.29, 0.717) is 17.8 Å². The molecule has 0 aliphatic carbocycles. The number of rotatable bonds is 4. The number of hydrogen-bond acceptors (Lipinski definition) is 3. The zero-order valence-electron chi connectivity index (χ0n) is 14.7. The second-order valence-electron chi connectivity index (χ2n) is 6.30. The van der Waals surface area contributed by atoms with E-state index in [4.69, 9.17) is 0 Å². The summed E-state index contributed by atoms with van der Waals surface area (Å²) in [5.41, 5.74) is 4.72. The largest absolute Gasteiger partial charge is 0.348 e. The number of carbonyl (C=O) groups is 1. The highest BCUT2D eigenvalue weighted by Crippen LogP contribution is 2.21. The van der Waals surface area contributed by atoms with Crippen molar-refractivity contribution in [2.45, 2.75) is 13.5 Å². The van der Waals surface area contributed by atoms with Gasteiger partial charge in [0.2, 0.25) is 0 Å². The van der Waals surface area contributed by atoms with Crippen LogP contribution < -0.4 is 5.32 Å². The molecule has 0 saturated heterocycles. The number of carbonyl (C=O) groups excluding carboxylic acids is 1. The lowest BCUT2D eigenvalue weighted by Crippen LogP contribution is -2.22. The maximum Gasteiger partial charge on any atom is 0.257 e. The number of hydrogen-bond donors (Lipinski definition) is 1. The summed E-state index contributed by atoms with van der Waals surface area (Å²) < 4.78 is 14.6. The normalized spacial score (nSPS) is 10.9. The summed E-state index contributed by atoms with van der Waals surface area (Å²) in [7, 11) is 0. The molecule has 0 bridgehead atoms. The highest BCUT2D eigenvalue weighted by molar-refractivity contribution is 5.99. The Hall–Kier alpha value is -3.54. The van der Waals surface area contributed by atoms with Gasteiger partial charge in [0.05, 0.1) is 11.9 Å². The van der Waals surface area contributed by atoms with Crippen molar-refractivity contribution in [3.8, 4) is 11.3 Å². The van der Waals surface area contributed by atoms with Gasteiger partial charge in [0.15, 0.2) is 5.65 Å². The van der Waals surface area contributed by atoms with Crippen LogP contribution in [0.2, 0.25) is 0 Å². The van der Waals surface area contributed by atoms with Crippen LogP contribution in [-0.4, -0.2) is 20.5 Å². The van der Waals surface area contributed by atoms with E-state index in [2.05, 4.69) is 15.4 Å². The number of aromatic nitrogens is 3. The lowest BCUT2D eigenvalue weighted by molar-refractivity contribution is 0.0952. The Morgan fingerprint density at radius 3 is 2.56 bits per heavy atom. The Kier molecular flexibility index (Phi) is 4.38. The number of amides is 1. The van der Waals surface area contributed by atoms with Gasteiger partial charge in [-0.3, -0.25) is 4.79 Å². The van der Waals surface area contributed by atoms with Crippen molar-refractivity contribution < 1.29 is 9.18 Å². The van der Waals surface area contributed by atoms with E-state index in [1.165, 1.54) is 23.9 Å².